The lowest BCUT2D eigenvalue weighted by Gasteiger charge is -2.36. The van der Waals surface area contributed by atoms with Crippen molar-refractivity contribution >= 4 is 11.6 Å². The maximum atomic E-state index is 13.3. The van der Waals surface area contributed by atoms with Crippen LogP contribution in [0.5, 0.6) is 0 Å². The first kappa shape index (κ1) is 22.8. The number of benzene rings is 1. The van der Waals surface area contributed by atoms with Gasteiger partial charge in [0.05, 0.1) is 23.0 Å². The Morgan fingerprint density at radius 1 is 1.03 bits per heavy atom. The van der Waals surface area contributed by atoms with Crippen molar-refractivity contribution in [3.63, 3.8) is 0 Å². The molecule has 33 heavy (non-hydrogen) atoms. The predicted octanol–water partition coefficient (Wildman–Crippen LogP) is 4.68. The minimum absolute atomic E-state index is 0.0795. The summed E-state index contributed by atoms with van der Waals surface area (Å²) in [6, 6.07) is 10.5. The molecule has 1 amide bonds. The number of hydrogen-bond donors (Lipinski definition) is 0. The highest BCUT2D eigenvalue weighted by Crippen LogP contribution is 2.30. The molecule has 0 spiro atoms. The van der Waals surface area contributed by atoms with Crippen molar-refractivity contribution in [3.8, 4) is 5.82 Å². The molecule has 1 aromatic carbocycles. The highest BCUT2D eigenvalue weighted by molar-refractivity contribution is 5.95. The van der Waals surface area contributed by atoms with E-state index < -0.39 is 11.7 Å². The van der Waals surface area contributed by atoms with Gasteiger partial charge in [0.15, 0.2) is 5.82 Å². The number of carbonyl (C=O) groups excluding carboxylic acids is 1. The molecule has 4 rings (SSSR count). The van der Waals surface area contributed by atoms with Gasteiger partial charge in [-0.3, -0.25) is 4.79 Å². The summed E-state index contributed by atoms with van der Waals surface area (Å²) in [6.07, 6.45) is -2.19. The zero-order valence-corrected chi connectivity index (χ0v) is 18.8. The van der Waals surface area contributed by atoms with E-state index in [9.17, 15) is 18.0 Å². The van der Waals surface area contributed by atoms with Crippen LogP contribution in [0.15, 0.2) is 48.8 Å². The number of aryl methyl sites for hydroxylation is 1. The van der Waals surface area contributed by atoms with Gasteiger partial charge in [0, 0.05) is 38.1 Å². The third-order valence-electron chi connectivity index (χ3n) is 5.81. The van der Waals surface area contributed by atoms with Crippen molar-refractivity contribution in [1.29, 1.82) is 0 Å². The Balaban J connectivity index is 1.54. The Kier molecular flexibility index (Phi) is 6.14. The third-order valence-corrected chi connectivity index (χ3v) is 5.81. The lowest BCUT2D eigenvalue weighted by Crippen LogP contribution is -2.49. The van der Waals surface area contributed by atoms with E-state index in [1.165, 1.54) is 22.5 Å². The fourth-order valence-corrected chi connectivity index (χ4v) is 4.10. The third kappa shape index (κ3) is 4.72. The molecule has 9 heteroatoms. The predicted molar refractivity (Wildman–Crippen MR) is 120 cm³/mol. The number of pyridine rings is 1. The van der Waals surface area contributed by atoms with Gasteiger partial charge in [-0.15, -0.1) is 0 Å². The molecule has 1 aliphatic heterocycles. The van der Waals surface area contributed by atoms with Crippen LogP contribution in [0.25, 0.3) is 5.82 Å². The van der Waals surface area contributed by atoms with E-state index in [1.807, 2.05) is 19.9 Å². The average molecular weight is 458 g/mol. The van der Waals surface area contributed by atoms with Crippen LogP contribution in [0.1, 0.15) is 46.9 Å². The molecule has 1 aliphatic rings. The molecule has 0 atom stereocenters. The fourth-order valence-electron chi connectivity index (χ4n) is 4.10. The maximum Gasteiger partial charge on any atom is 0.417 e. The van der Waals surface area contributed by atoms with Gasteiger partial charge in [-0.2, -0.15) is 18.3 Å². The molecule has 6 nitrogen and oxygen atoms in total. The van der Waals surface area contributed by atoms with Crippen LogP contribution in [-0.4, -0.2) is 51.8 Å². The second-order valence-electron chi connectivity index (χ2n) is 8.53. The smallest absolute Gasteiger partial charge is 0.368 e. The normalized spacial score (nSPS) is 14.8. The maximum absolute atomic E-state index is 13.3. The number of anilines is 1. The summed E-state index contributed by atoms with van der Waals surface area (Å²) in [7, 11) is 0. The molecule has 0 N–H and O–H groups in total. The number of hydrogen-bond acceptors (Lipinski definition) is 4. The van der Waals surface area contributed by atoms with Gasteiger partial charge in [-0.1, -0.05) is 26.0 Å². The molecule has 1 saturated heterocycles. The molecule has 0 saturated carbocycles. The van der Waals surface area contributed by atoms with Gasteiger partial charge in [-0.05, 0) is 42.7 Å². The average Bonchev–Trinajstić information content (AvgIpc) is 3.24. The largest absolute Gasteiger partial charge is 0.417 e. The molecule has 3 heterocycles. The lowest BCUT2D eigenvalue weighted by molar-refractivity contribution is -0.137. The Morgan fingerprint density at radius 3 is 2.33 bits per heavy atom. The first-order valence-electron chi connectivity index (χ1n) is 10.9. The molecule has 0 aliphatic carbocycles. The van der Waals surface area contributed by atoms with E-state index in [-0.39, 0.29) is 17.6 Å². The highest BCUT2D eigenvalue weighted by Gasteiger charge is 2.31. The molecular weight excluding hydrogens is 431 g/mol. The quantitative estimate of drug-likeness (QED) is 0.571. The Hall–Kier alpha value is -3.36. The first-order valence-corrected chi connectivity index (χ1v) is 10.9. The van der Waals surface area contributed by atoms with E-state index in [1.54, 1.807) is 4.90 Å². The molecule has 0 radical (unpaired) electrons. The standard InChI is InChI=1S/C24H26F3N5O/c1-16(2)22-20(15-29-32(22)21-8-7-18(14-28-21)24(25,26)27)23(33)31-11-9-30(10-12-31)19-6-4-5-17(3)13-19/h4-8,13-16H,9-12H2,1-3H3. The number of halogens is 3. The zero-order valence-electron chi connectivity index (χ0n) is 18.8. The van der Waals surface area contributed by atoms with Gasteiger partial charge in [0.25, 0.3) is 5.91 Å². The summed E-state index contributed by atoms with van der Waals surface area (Å²) in [6.45, 7) is 8.50. The molecule has 0 unspecified atom stereocenters. The van der Waals surface area contributed by atoms with E-state index in [0.717, 1.165) is 31.0 Å². The summed E-state index contributed by atoms with van der Waals surface area (Å²) >= 11 is 0. The van der Waals surface area contributed by atoms with Gasteiger partial charge in [0.1, 0.15) is 0 Å². The van der Waals surface area contributed by atoms with Crippen molar-refractivity contribution in [2.45, 2.75) is 32.9 Å². The topological polar surface area (TPSA) is 54.3 Å². The number of nitrogens with zero attached hydrogens (tertiary/aromatic N) is 5. The molecule has 3 aromatic rings. The van der Waals surface area contributed by atoms with Gasteiger partial charge >= 0.3 is 6.18 Å². The molecule has 0 bridgehead atoms. The number of amides is 1. The number of carbonyl (C=O) groups is 1. The number of rotatable bonds is 4. The molecule has 1 fully saturated rings. The van der Waals surface area contributed by atoms with Crippen LogP contribution >= 0.6 is 0 Å². The van der Waals surface area contributed by atoms with Gasteiger partial charge in [-0.25, -0.2) is 9.67 Å². The van der Waals surface area contributed by atoms with Crippen molar-refractivity contribution in [2.24, 2.45) is 0 Å². The zero-order chi connectivity index (χ0) is 23.8. The fraction of sp³-hybridized carbons (Fsp3) is 0.375. The van der Waals surface area contributed by atoms with E-state index in [0.29, 0.717) is 24.3 Å². The minimum Gasteiger partial charge on any atom is -0.368 e. The number of alkyl halides is 3. The monoisotopic (exact) mass is 457 g/mol. The van der Waals surface area contributed by atoms with Crippen molar-refractivity contribution in [2.75, 3.05) is 31.1 Å². The summed E-state index contributed by atoms with van der Waals surface area (Å²) in [4.78, 5) is 21.3. The van der Waals surface area contributed by atoms with Crippen molar-refractivity contribution in [3.05, 3.63) is 71.2 Å². The summed E-state index contributed by atoms with van der Waals surface area (Å²) in [5.41, 5.74) is 2.60. The molecule has 2 aromatic heterocycles. The summed E-state index contributed by atoms with van der Waals surface area (Å²) in [5.74, 6) is 0.0416. The van der Waals surface area contributed by atoms with Crippen molar-refractivity contribution in [1.82, 2.24) is 19.7 Å². The van der Waals surface area contributed by atoms with Crippen LogP contribution in [0, 0.1) is 6.92 Å². The first-order chi connectivity index (χ1) is 15.6. The van der Waals surface area contributed by atoms with E-state index in [2.05, 4.69) is 40.1 Å². The van der Waals surface area contributed by atoms with E-state index in [4.69, 9.17) is 0 Å². The van der Waals surface area contributed by atoms with Crippen LogP contribution < -0.4 is 4.90 Å². The summed E-state index contributed by atoms with van der Waals surface area (Å²) < 4.78 is 40.1. The minimum atomic E-state index is -4.46. The molecular formula is C24H26F3N5O. The number of aromatic nitrogens is 3. The van der Waals surface area contributed by atoms with Crippen LogP contribution in [0.4, 0.5) is 18.9 Å². The van der Waals surface area contributed by atoms with Crippen molar-refractivity contribution < 1.29 is 18.0 Å². The van der Waals surface area contributed by atoms with Crippen LogP contribution in [-0.2, 0) is 6.18 Å². The Morgan fingerprint density at radius 2 is 1.76 bits per heavy atom. The Bertz CT molecular complexity index is 1130. The van der Waals surface area contributed by atoms with E-state index >= 15 is 0 Å². The SMILES string of the molecule is Cc1cccc(N2CCN(C(=O)c3cnn(-c4ccc(C(F)(F)F)cn4)c3C(C)C)CC2)c1. The van der Waals surface area contributed by atoms with Crippen LogP contribution in [0.3, 0.4) is 0 Å². The Labute approximate surface area is 190 Å². The molecule has 174 valence electrons. The van der Waals surface area contributed by atoms with Gasteiger partial charge < -0.3 is 9.80 Å². The second kappa shape index (κ2) is 8.88. The second-order valence-corrected chi connectivity index (χ2v) is 8.53. The highest BCUT2D eigenvalue weighted by atomic mass is 19.4. The number of piperazine rings is 1. The van der Waals surface area contributed by atoms with Crippen LogP contribution in [0.2, 0.25) is 0 Å². The summed E-state index contributed by atoms with van der Waals surface area (Å²) in [5, 5.41) is 4.30. The lowest BCUT2D eigenvalue weighted by atomic mass is 10.0. The van der Waals surface area contributed by atoms with Gasteiger partial charge in [0.2, 0.25) is 0 Å².